The maximum absolute atomic E-state index is 12.7. The molecule has 0 spiro atoms. The first-order valence-corrected chi connectivity index (χ1v) is 6.83. The quantitative estimate of drug-likeness (QED) is 0.886. The first-order chi connectivity index (χ1) is 10.2. The molecule has 7 heteroatoms. The van der Waals surface area contributed by atoms with Crippen LogP contribution in [-0.2, 0) is 6.42 Å². The van der Waals surface area contributed by atoms with Crippen LogP contribution in [0.15, 0.2) is 28.8 Å². The Hall–Kier alpha value is -2.44. The minimum absolute atomic E-state index is 0.343. The molecule has 0 unspecified atom stereocenters. The first kappa shape index (κ1) is 13.5. The van der Waals surface area contributed by atoms with Gasteiger partial charge in [0.25, 0.3) is 0 Å². The standard InChI is InChI=1S/C14H15FN4O2/c15-10-3-5-11(6-4-10)17-14(20)16-8-7-12-18-13(21-19-12)9-1-2-9/h3-6,9H,1-2,7-8H2,(H2,16,17,20). The summed E-state index contributed by atoms with van der Waals surface area (Å²) in [5, 5.41) is 9.16. The van der Waals surface area contributed by atoms with E-state index in [9.17, 15) is 9.18 Å². The van der Waals surface area contributed by atoms with Gasteiger partial charge in [-0.25, -0.2) is 9.18 Å². The second-order valence-electron chi connectivity index (χ2n) is 4.96. The van der Waals surface area contributed by atoms with Gasteiger partial charge < -0.3 is 15.2 Å². The summed E-state index contributed by atoms with van der Waals surface area (Å²) in [7, 11) is 0. The number of hydrogen-bond acceptors (Lipinski definition) is 4. The molecule has 0 radical (unpaired) electrons. The number of carbonyl (C=O) groups is 1. The lowest BCUT2D eigenvalue weighted by Crippen LogP contribution is -2.30. The first-order valence-electron chi connectivity index (χ1n) is 6.83. The molecule has 2 aromatic rings. The van der Waals surface area contributed by atoms with Crippen LogP contribution in [0.3, 0.4) is 0 Å². The molecule has 1 aromatic heterocycles. The van der Waals surface area contributed by atoms with Gasteiger partial charge in [0, 0.05) is 24.6 Å². The van der Waals surface area contributed by atoms with Gasteiger partial charge in [-0.2, -0.15) is 4.98 Å². The van der Waals surface area contributed by atoms with Gasteiger partial charge >= 0.3 is 6.03 Å². The van der Waals surface area contributed by atoms with Crippen LogP contribution < -0.4 is 10.6 Å². The largest absolute Gasteiger partial charge is 0.339 e. The maximum atomic E-state index is 12.7. The Kier molecular flexibility index (Phi) is 3.81. The second kappa shape index (κ2) is 5.90. The Balaban J connectivity index is 1.41. The lowest BCUT2D eigenvalue weighted by Gasteiger charge is -2.06. The minimum atomic E-state index is -0.354. The summed E-state index contributed by atoms with van der Waals surface area (Å²) in [6, 6.07) is 5.21. The van der Waals surface area contributed by atoms with Gasteiger partial charge in [-0.3, -0.25) is 0 Å². The monoisotopic (exact) mass is 290 g/mol. The number of hydrogen-bond donors (Lipinski definition) is 2. The summed E-state index contributed by atoms with van der Waals surface area (Å²) in [5.74, 6) is 1.38. The van der Waals surface area contributed by atoms with Crippen molar-refractivity contribution in [2.45, 2.75) is 25.2 Å². The summed E-state index contributed by atoms with van der Waals surface area (Å²) >= 11 is 0. The molecule has 6 nitrogen and oxygen atoms in total. The van der Waals surface area contributed by atoms with Gasteiger partial charge in [-0.15, -0.1) is 0 Å². The van der Waals surface area contributed by atoms with Crippen LogP contribution in [0, 0.1) is 5.82 Å². The molecule has 1 aliphatic carbocycles. The number of urea groups is 1. The molecule has 21 heavy (non-hydrogen) atoms. The van der Waals surface area contributed by atoms with Crippen molar-refractivity contribution in [1.82, 2.24) is 15.5 Å². The van der Waals surface area contributed by atoms with E-state index in [2.05, 4.69) is 20.8 Å². The highest BCUT2D eigenvalue weighted by Gasteiger charge is 2.29. The molecule has 2 N–H and O–H groups in total. The van der Waals surface area contributed by atoms with E-state index >= 15 is 0 Å². The number of carbonyl (C=O) groups excluding carboxylic acids is 1. The fourth-order valence-corrected chi connectivity index (χ4v) is 1.86. The van der Waals surface area contributed by atoms with Crippen molar-refractivity contribution in [2.24, 2.45) is 0 Å². The third-order valence-corrected chi connectivity index (χ3v) is 3.15. The predicted octanol–water partition coefficient (Wildman–Crippen LogP) is 2.45. The van der Waals surface area contributed by atoms with E-state index in [1.165, 1.54) is 24.3 Å². The Morgan fingerprint density at radius 3 is 2.81 bits per heavy atom. The zero-order valence-electron chi connectivity index (χ0n) is 11.3. The number of aromatic nitrogens is 2. The van der Waals surface area contributed by atoms with Crippen molar-refractivity contribution in [2.75, 3.05) is 11.9 Å². The highest BCUT2D eigenvalue weighted by atomic mass is 19.1. The van der Waals surface area contributed by atoms with Gasteiger partial charge in [0.15, 0.2) is 5.82 Å². The van der Waals surface area contributed by atoms with Gasteiger partial charge in [0.1, 0.15) is 5.82 Å². The molecule has 3 rings (SSSR count). The number of nitrogens with one attached hydrogen (secondary N) is 2. The van der Waals surface area contributed by atoms with Crippen molar-refractivity contribution < 1.29 is 13.7 Å². The molecule has 1 saturated carbocycles. The third-order valence-electron chi connectivity index (χ3n) is 3.15. The molecule has 1 fully saturated rings. The van der Waals surface area contributed by atoms with Gasteiger partial charge in [-0.1, -0.05) is 5.16 Å². The van der Waals surface area contributed by atoms with Gasteiger partial charge in [-0.05, 0) is 37.1 Å². The molecular formula is C14H15FN4O2. The predicted molar refractivity (Wildman–Crippen MR) is 73.4 cm³/mol. The zero-order valence-corrected chi connectivity index (χ0v) is 11.3. The lowest BCUT2D eigenvalue weighted by atomic mass is 10.3. The van der Waals surface area contributed by atoms with Crippen LogP contribution in [0.4, 0.5) is 14.9 Å². The normalized spacial score (nSPS) is 14.0. The van der Waals surface area contributed by atoms with Crippen LogP contribution in [0.25, 0.3) is 0 Å². The van der Waals surface area contributed by atoms with Crippen LogP contribution >= 0.6 is 0 Å². The molecule has 1 aromatic carbocycles. The van der Waals surface area contributed by atoms with Crippen molar-refractivity contribution in [3.63, 3.8) is 0 Å². The number of benzene rings is 1. The van der Waals surface area contributed by atoms with Crippen molar-refractivity contribution in [1.29, 1.82) is 0 Å². The van der Waals surface area contributed by atoms with E-state index in [1.54, 1.807) is 0 Å². The highest BCUT2D eigenvalue weighted by Crippen LogP contribution is 2.38. The van der Waals surface area contributed by atoms with Crippen LogP contribution in [0.1, 0.15) is 30.5 Å². The number of rotatable bonds is 5. The van der Waals surface area contributed by atoms with E-state index in [1.807, 2.05) is 0 Å². The topological polar surface area (TPSA) is 80.1 Å². The molecule has 2 amide bonds. The Labute approximate surface area is 120 Å². The second-order valence-corrected chi connectivity index (χ2v) is 4.96. The number of nitrogens with zero attached hydrogens (tertiary/aromatic N) is 2. The van der Waals surface area contributed by atoms with Gasteiger partial charge in [0.05, 0.1) is 0 Å². The number of anilines is 1. The van der Waals surface area contributed by atoms with Crippen molar-refractivity contribution in [3.8, 4) is 0 Å². The lowest BCUT2D eigenvalue weighted by molar-refractivity contribution is 0.252. The molecule has 0 bridgehead atoms. The SMILES string of the molecule is O=C(NCCc1noc(C2CC2)n1)Nc1ccc(F)cc1. The fourth-order valence-electron chi connectivity index (χ4n) is 1.86. The van der Waals surface area contributed by atoms with E-state index < -0.39 is 0 Å². The molecule has 0 aliphatic heterocycles. The summed E-state index contributed by atoms with van der Waals surface area (Å²) in [4.78, 5) is 15.9. The molecule has 0 saturated heterocycles. The van der Waals surface area contributed by atoms with Crippen LogP contribution in [0.2, 0.25) is 0 Å². The molecular weight excluding hydrogens is 275 g/mol. The Morgan fingerprint density at radius 1 is 1.33 bits per heavy atom. The van der Waals surface area contributed by atoms with E-state index in [4.69, 9.17) is 4.52 Å². The third kappa shape index (κ3) is 3.77. The van der Waals surface area contributed by atoms with E-state index in [0.29, 0.717) is 36.3 Å². The molecule has 110 valence electrons. The summed E-state index contributed by atoms with van der Waals surface area (Å²) in [5.41, 5.74) is 0.532. The minimum Gasteiger partial charge on any atom is -0.339 e. The van der Waals surface area contributed by atoms with Crippen molar-refractivity contribution in [3.05, 3.63) is 41.8 Å². The zero-order chi connectivity index (χ0) is 14.7. The molecule has 0 atom stereocenters. The maximum Gasteiger partial charge on any atom is 0.319 e. The summed E-state index contributed by atoms with van der Waals surface area (Å²) in [6.07, 6.45) is 2.73. The van der Waals surface area contributed by atoms with Crippen molar-refractivity contribution >= 4 is 11.7 Å². The highest BCUT2D eigenvalue weighted by molar-refractivity contribution is 5.89. The molecule has 1 heterocycles. The number of halogens is 1. The summed E-state index contributed by atoms with van der Waals surface area (Å²) in [6.45, 7) is 0.399. The summed E-state index contributed by atoms with van der Waals surface area (Å²) < 4.78 is 17.9. The van der Waals surface area contributed by atoms with E-state index in [0.717, 1.165) is 12.8 Å². The smallest absolute Gasteiger partial charge is 0.319 e. The Morgan fingerprint density at radius 2 is 2.10 bits per heavy atom. The van der Waals surface area contributed by atoms with Gasteiger partial charge in [0.2, 0.25) is 5.89 Å². The van der Waals surface area contributed by atoms with E-state index in [-0.39, 0.29) is 11.8 Å². The number of amides is 2. The van der Waals surface area contributed by atoms with Crippen LogP contribution in [-0.4, -0.2) is 22.7 Å². The molecule has 1 aliphatic rings. The average molecular weight is 290 g/mol. The average Bonchev–Trinajstić information content (AvgIpc) is 3.22. The fraction of sp³-hybridized carbons (Fsp3) is 0.357. The van der Waals surface area contributed by atoms with Crippen LogP contribution in [0.5, 0.6) is 0 Å². The Bertz CT molecular complexity index is 622.